The van der Waals surface area contributed by atoms with Gasteiger partial charge in [-0.3, -0.25) is 14.4 Å². The van der Waals surface area contributed by atoms with E-state index in [0.717, 1.165) is 4.90 Å². The van der Waals surface area contributed by atoms with Gasteiger partial charge in [0.2, 0.25) is 11.8 Å². The summed E-state index contributed by atoms with van der Waals surface area (Å²) in [5.41, 5.74) is -0.507. The molecular weight excluding hydrogens is 338 g/mol. The molecule has 3 aliphatic rings. The minimum absolute atomic E-state index is 0.175. The molecule has 2 bridgehead atoms. The number of amides is 2. The van der Waals surface area contributed by atoms with E-state index in [1.165, 1.54) is 13.0 Å². The molecule has 4 rings (SSSR count). The Morgan fingerprint density at radius 2 is 2.12 bits per heavy atom. The van der Waals surface area contributed by atoms with Gasteiger partial charge in [0.15, 0.2) is 5.78 Å². The summed E-state index contributed by atoms with van der Waals surface area (Å²) in [6.45, 7) is 3.19. The van der Waals surface area contributed by atoms with Gasteiger partial charge in [0.1, 0.15) is 11.4 Å². The lowest BCUT2D eigenvalue weighted by Gasteiger charge is -2.27. The number of aliphatic hydroxyl groups excluding tert-OH is 1. The molecule has 0 saturated carbocycles. The smallest absolute Gasteiger partial charge is 0.241 e. The van der Waals surface area contributed by atoms with E-state index in [9.17, 15) is 19.5 Å². The third-order valence-corrected chi connectivity index (χ3v) is 5.31. The lowest BCUT2D eigenvalue weighted by Crippen LogP contribution is -2.43. The van der Waals surface area contributed by atoms with Crippen molar-refractivity contribution in [1.29, 1.82) is 0 Å². The van der Waals surface area contributed by atoms with Gasteiger partial charge in [-0.15, -0.1) is 0 Å². The fraction of sp³-hybridized carbons (Fsp3) is 0.421. The highest BCUT2D eigenvalue weighted by Gasteiger charge is 2.67. The van der Waals surface area contributed by atoms with Crippen LogP contribution in [0.15, 0.2) is 30.4 Å². The molecule has 1 aromatic rings. The summed E-state index contributed by atoms with van der Waals surface area (Å²) in [5, 5.41) is 9.78. The molecule has 0 radical (unpaired) electrons. The molecular formula is C19H19NO6. The standard InChI is InChI=1S/C19H19NO6/c1-3-25-13-5-4-11(10(2)22)8-12(13)20-17(23)15-14-6-7-19(9-21,26-14)16(15)18(20)24/h4-8,14-16,21H,3,9H2,1-2H3. The molecule has 0 aromatic heterocycles. The Balaban J connectivity index is 1.80. The average Bonchev–Trinajstić information content (AvgIpc) is 3.27. The van der Waals surface area contributed by atoms with Crippen molar-refractivity contribution in [3.05, 3.63) is 35.9 Å². The highest BCUT2D eigenvalue weighted by atomic mass is 16.5. The van der Waals surface area contributed by atoms with Crippen molar-refractivity contribution >= 4 is 23.3 Å². The first-order valence-corrected chi connectivity index (χ1v) is 8.57. The Morgan fingerprint density at radius 3 is 2.77 bits per heavy atom. The number of hydrogen-bond donors (Lipinski definition) is 1. The first-order chi connectivity index (χ1) is 12.4. The van der Waals surface area contributed by atoms with Crippen molar-refractivity contribution in [1.82, 2.24) is 0 Å². The SMILES string of the molecule is CCOc1ccc(C(C)=O)cc1N1C(=O)C2C3C=CC(CO)(O3)C2C1=O. The second kappa shape index (κ2) is 5.75. The zero-order valence-electron chi connectivity index (χ0n) is 14.5. The minimum Gasteiger partial charge on any atom is -0.492 e. The molecule has 0 spiro atoms. The van der Waals surface area contributed by atoms with E-state index in [-0.39, 0.29) is 18.1 Å². The summed E-state index contributed by atoms with van der Waals surface area (Å²) >= 11 is 0. The fourth-order valence-corrected chi connectivity index (χ4v) is 4.11. The average molecular weight is 357 g/mol. The molecule has 3 heterocycles. The molecule has 0 aliphatic carbocycles. The van der Waals surface area contributed by atoms with Crippen molar-refractivity contribution in [2.75, 3.05) is 18.1 Å². The summed E-state index contributed by atoms with van der Waals surface area (Å²) in [6.07, 6.45) is 2.87. The fourth-order valence-electron chi connectivity index (χ4n) is 4.11. The Labute approximate surface area is 150 Å². The van der Waals surface area contributed by atoms with E-state index < -0.39 is 35.4 Å². The third-order valence-electron chi connectivity index (χ3n) is 5.31. The van der Waals surface area contributed by atoms with Crippen LogP contribution >= 0.6 is 0 Å². The van der Waals surface area contributed by atoms with Gasteiger partial charge >= 0.3 is 0 Å². The molecule has 3 aliphatic heterocycles. The van der Waals surface area contributed by atoms with E-state index in [1.54, 1.807) is 31.2 Å². The zero-order chi connectivity index (χ0) is 18.6. The second-order valence-electron chi connectivity index (χ2n) is 6.74. The maximum Gasteiger partial charge on any atom is 0.241 e. The third kappa shape index (κ3) is 2.10. The van der Waals surface area contributed by atoms with Crippen LogP contribution in [0.1, 0.15) is 24.2 Å². The number of aliphatic hydroxyl groups is 1. The zero-order valence-corrected chi connectivity index (χ0v) is 14.5. The number of rotatable bonds is 5. The first kappa shape index (κ1) is 16.9. The summed E-state index contributed by atoms with van der Waals surface area (Å²) in [5.74, 6) is -2.10. The predicted molar refractivity (Wildman–Crippen MR) is 90.9 cm³/mol. The molecule has 1 N–H and O–H groups in total. The Kier molecular flexibility index (Phi) is 3.75. The van der Waals surface area contributed by atoms with Crippen molar-refractivity contribution in [2.45, 2.75) is 25.6 Å². The number of carbonyl (C=O) groups excluding carboxylic acids is 3. The van der Waals surface area contributed by atoms with Gasteiger partial charge in [0.25, 0.3) is 0 Å². The van der Waals surface area contributed by atoms with Crippen LogP contribution in [0.2, 0.25) is 0 Å². The van der Waals surface area contributed by atoms with Gasteiger partial charge in [0, 0.05) is 5.56 Å². The van der Waals surface area contributed by atoms with Crippen LogP contribution in [-0.2, 0) is 14.3 Å². The molecule has 2 fully saturated rings. The molecule has 26 heavy (non-hydrogen) atoms. The number of ether oxygens (including phenoxy) is 2. The van der Waals surface area contributed by atoms with Gasteiger partial charge in [-0.25, -0.2) is 4.90 Å². The maximum absolute atomic E-state index is 13.1. The Bertz CT molecular complexity index is 846. The molecule has 4 atom stereocenters. The number of anilines is 1. The summed E-state index contributed by atoms with van der Waals surface area (Å²) in [4.78, 5) is 39.0. The Hall–Kier alpha value is -2.51. The van der Waals surface area contributed by atoms with Gasteiger partial charge < -0.3 is 14.6 Å². The molecule has 136 valence electrons. The van der Waals surface area contributed by atoms with Crippen LogP contribution in [0.25, 0.3) is 0 Å². The molecule has 1 aromatic carbocycles. The number of nitrogens with zero attached hydrogens (tertiary/aromatic N) is 1. The van der Waals surface area contributed by atoms with E-state index in [4.69, 9.17) is 9.47 Å². The number of Topliss-reactive ketones (excluding diaryl/α,β-unsaturated/α-hetero) is 1. The van der Waals surface area contributed by atoms with Gasteiger partial charge in [-0.05, 0) is 32.0 Å². The van der Waals surface area contributed by atoms with E-state index in [2.05, 4.69) is 0 Å². The largest absolute Gasteiger partial charge is 0.492 e. The number of benzene rings is 1. The van der Waals surface area contributed by atoms with Gasteiger partial charge in [-0.1, -0.05) is 12.2 Å². The highest BCUT2D eigenvalue weighted by Crippen LogP contribution is 2.53. The van der Waals surface area contributed by atoms with E-state index in [0.29, 0.717) is 17.9 Å². The van der Waals surface area contributed by atoms with Gasteiger partial charge in [0.05, 0.1) is 36.8 Å². The normalized spacial score (nSPS) is 31.7. The summed E-state index contributed by atoms with van der Waals surface area (Å²) < 4.78 is 11.3. The Morgan fingerprint density at radius 1 is 1.35 bits per heavy atom. The van der Waals surface area contributed by atoms with Crippen LogP contribution < -0.4 is 9.64 Å². The van der Waals surface area contributed by atoms with E-state index >= 15 is 0 Å². The topological polar surface area (TPSA) is 93.1 Å². The van der Waals surface area contributed by atoms with Crippen molar-refractivity contribution in [2.24, 2.45) is 11.8 Å². The van der Waals surface area contributed by atoms with Crippen molar-refractivity contribution < 1.29 is 29.0 Å². The van der Waals surface area contributed by atoms with Gasteiger partial charge in [-0.2, -0.15) is 0 Å². The molecule has 2 amide bonds. The number of hydrogen-bond acceptors (Lipinski definition) is 6. The van der Waals surface area contributed by atoms with Crippen LogP contribution in [-0.4, -0.2) is 47.6 Å². The highest BCUT2D eigenvalue weighted by molar-refractivity contribution is 6.24. The first-order valence-electron chi connectivity index (χ1n) is 8.57. The van der Waals surface area contributed by atoms with Crippen LogP contribution in [0.4, 0.5) is 5.69 Å². The van der Waals surface area contributed by atoms with Crippen LogP contribution in [0, 0.1) is 11.8 Å². The van der Waals surface area contributed by atoms with Crippen LogP contribution in [0.3, 0.4) is 0 Å². The number of carbonyl (C=O) groups is 3. The summed E-state index contributed by atoms with van der Waals surface area (Å²) in [7, 11) is 0. The molecule has 4 unspecified atom stereocenters. The molecule has 7 nitrogen and oxygen atoms in total. The lowest BCUT2D eigenvalue weighted by atomic mass is 9.77. The van der Waals surface area contributed by atoms with Crippen molar-refractivity contribution in [3.8, 4) is 5.75 Å². The number of ketones is 1. The number of imide groups is 1. The molecule has 7 heteroatoms. The maximum atomic E-state index is 13.1. The monoisotopic (exact) mass is 357 g/mol. The molecule has 2 saturated heterocycles. The number of fused-ring (bicyclic) bond motifs is 5. The summed E-state index contributed by atoms with van der Waals surface area (Å²) in [6, 6.07) is 4.70. The van der Waals surface area contributed by atoms with Crippen LogP contribution in [0.5, 0.6) is 5.75 Å². The predicted octanol–water partition coefficient (Wildman–Crippen LogP) is 1.09. The quantitative estimate of drug-likeness (QED) is 0.482. The van der Waals surface area contributed by atoms with Crippen molar-refractivity contribution in [3.63, 3.8) is 0 Å². The second-order valence-corrected chi connectivity index (χ2v) is 6.74. The van der Waals surface area contributed by atoms with E-state index in [1.807, 2.05) is 0 Å². The minimum atomic E-state index is -1.15. The lowest BCUT2D eigenvalue weighted by molar-refractivity contribution is -0.128.